The van der Waals surface area contributed by atoms with E-state index in [1.165, 1.54) is 11.8 Å². The average molecular weight is 397 g/mol. The molecule has 1 aliphatic carbocycles. The van der Waals surface area contributed by atoms with Gasteiger partial charge in [-0.05, 0) is 31.2 Å². The van der Waals surface area contributed by atoms with Gasteiger partial charge >= 0.3 is 12.4 Å². The number of benzene rings is 1. The Morgan fingerprint density at radius 1 is 1.00 bits per heavy atom. The van der Waals surface area contributed by atoms with Crippen LogP contribution in [0.4, 0.5) is 26.3 Å². The Kier molecular flexibility index (Phi) is 6.13. The zero-order valence-electron chi connectivity index (χ0n) is 14.6. The van der Waals surface area contributed by atoms with Crippen molar-refractivity contribution in [2.45, 2.75) is 63.1 Å². The van der Waals surface area contributed by atoms with Crippen LogP contribution in [0, 0.1) is 5.92 Å². The summed E-state index contributed by atoms with van der Waals surface area (Å²) < 4.78 is 78.1. The molecule has 1 aliphatic rings. The third kappa shape index (κ3) is 4.39. The molecule has 1 fully saturated rings. The minimum Gasteiger partial charge on any atom is -0.373 e. The van der Waals surface area contributed by atoms with Crippen LogP contribution < -0.4 is 0 Å². The molecule has 0 radical (unpaired) electrons. The van der Waals surface area contributed by atoms with Gasteiger partial charge in [0.1, 0.15) is 0 Å². The van der Waals surface area contributed by atoms with Crippen molar-refractivity contribution in [3.63, 3.8) is 0 Å². The lowest BCUT2D eigenvalue weighted by molar-refractivity contribution is -0.387. The van der Waals surface area contributed by atoms with Crippen molar-refractivity contribution in [2.75, 3.05) is 0 Å². The Hall–Kier alpha value is -1.77. The molecule has 27 heavy (non-hydrogen) atoms. The molecule has 9 heteroatoms. The first kappa shape index (κ1) is 21.5. The molecular weight excluding hydrogens is 376 g/mol. The number of carbonyl (C=O) groups excluding carboxylic acids is 1. The Bertz CT molecular complexity index is 621. The van der Waals surface area contributed by atoms with Crippen LogP contribution in [-0.2, 0) is 11.3 Å². The van der Waals surface area contributed by atoms with E-state index in [0.717, 1.165) is 5.56 Å². The van der Waals surface area contributed by atoms with Crippen molar-refractivity contribution in [3.8, 4) is 0 Å². The second kappa shape index (κ2) is 7.69. The lowest BCUT2D eigenvalue weighted by atomic mass is 9.74. The fourth-order valence-corrected chi connectivity index (χ4v) is 3.71. The molecule has 0 bridgehead atoms. The van der Waals surface area contributed by atoms with E-state index in [1.54, 1.807) is 30.3 Å². The SMILES string of the molecule is CC(=O)N(Cc1ccccc1)C1CCC(C(O)(C(F)(F)F)C(F)(F)F)CC1. The van der Waals surface area contributed by atoms with Crippen LogP contribution in [0.1, 0.15) is 38.2 Å². The van der Waals surface area contributed by atoms with E-state index >= 15 is 0 Å². The number of rotatable bonds is 4. The van der Waals surface area contributed by atoms with Crippen LogP contribution in [0.3, 0.4) is 0 Å². The minimum absolute atomic E-state index is 0.0362. The topological polar surface area (TPSA) is 40.5 Å². The number of amides is 1. The molecule has 0 saturated heterocycles. The zero-order valence-corrected chi connectivity index (χ0v) is 14.6. The standard InChI is InChI=1S/C18H21F6NO2/c1-12(26)25(11-13-5-3-2-4-6-13)15-9-7-14(8-10-15)16(27,17(19,20)21)18(22,23)24/h2-6,14-15,27H,7-11H2,1H3. The molecule has 0 aromatic heterocycles. The maximum atomic E-state index is 13.0. The highest BCUT2D eigenvalue weighted by atomic mass is 19.4. The Balaban J connectivity index is 2.13. The number of alkyl halides is 6. The van der Waals surface area contributed by atoms with E-state index in [-0.39, 0.29) is 25.3 Å². The van der Waals surface area contributed by atoms with Crippen molar-refractivity contribution >= 4 is 5.91 Å². The minimum atomic E-state index is -5.81. The second-order valence-corrected chi connectivity index (χ2v) is 6.90. The smallest absolute Gasteiger partial charge is 0.373 e. The van der Waals surface area contributed by atoms with Crippen molar-refractivity contribution in [1.29, 1.82) is 0 Å². The van der Waals surface area contributed by atoms with Gasteiger partial charge in [-0.25, -0.2) is 0 Å². The Labute approximate surface area is 153 Å². The highest BCUT2D eigenvalue weighted by Gasteiger charge is 2.73. The van der Waals surface area contributed by atoms with Gasteiger partial charge in [-0.15, -0.1) is 0 Å². The number of hydrogen-bond donors (Lipinski definition) is 1. The van der Waals surface area contributed by atoms with Gasteiger partial charge in [-0.3, -0.25) is 4.79 Å². The summed E-state index contributed by atoms with van der Waals surface area (Å²) in [5, 5.41) is 9.55. The highest BCUT2D eigenvalue weighted by molar-refractivity contribution is 5.73. The predicted molar refractivity (Wildman–Crippen MR) is 85.5 cm³/mol. The number of aliphatic hydroxyl groups is 1. The van der Waals surface area contributed by atoms with Crippen molar-refractivity contribution in [2.24, 2.45) is 5.92 Å². The lowest BCUT2D eigenvalue weighted by Crippen LogP contribution is -2.62. The van der Waals surface area contributed by atoms with Gasteiger partial charge < -0.3 is 10.0 Å². The molecule has 0 atom stereocenters. The molecule has 0 heterocycles. The quantitative estimate of drug-likeness (QED) is 0.763. The Morgan fingerprint density at radius 2 is 1.48 bits per heavy atom. The van der Waals surface area contributed by atoms with Crippen molar-refractivity contribution in [1.82, 2.24) is 4.90 Å². The van der Waals surface area contributed by atoms with Crippen LogP contribution in [0.2, 0.25) is 0 Å². The van der Waals surface area contributed by atoms with Crippen molar-refractivity contribution in [3.05, 3.63) is 35.9 Å². The fraction of sp³-hybridized carbons (Fsp3) is 0.611. The predicted octanol–water partition coefficient (Wildman–Crippen LogP) is 4.45. The normalized spacial score (nSPS) is 21.8. The van der Waals surface area contributed by atoms with Gasteiger partial charge in [-0.1, -0.05) is 30.3 Å². The summed E-state index contributed by atoms with van der Waals surface area (Å²) in [6.45, 7) is 1.55. The van der Waals surface area contributed by atoms with Crippen molar-refractivity contribution < 1.29 is 36.2 Å². The molecule has 1 aromatic rings. The second-order valence-electron chi connectivity index (χ2n) is 6.90. The summed E-state index contributed by atoms with van der Waals surface area (Å²) >= 11 is 0. The maximum absolute atomic E-state index is 13.0. The van der Waals surface area contributed by atoms with Gasteiger partial charge in [0.05, 0.1) is 0 Å². The summed E-state index contributed by atoms with van der Waals surface area (Å²) in [4.78, 5) is 13.4. The van der Waals surface area contributed by atoms with E-state index in [4.69, 9.17) is 0 Å². The van der Waals surface area contributed by atoms with Crippen LogP contribution in [0.25, 0.3) is 0 Å². The molecule has 1 saturated carbocycles. The molecule has 1 amide bonds. The number of carbonyl (C=O) groups is 1. The third-order valence-corrected chi connectivity index (χ3v) is 5.19. The first-order chi connectivity index (χ1) is 12.4. The molecule has 2 rings (SSSR count). The number of nitrogens with zero attached hydrogens (tertiary/aromatic N) is 1. The summed E-state index contributed by atoms with van der Waals surface area (Å²) in [6.07, 6.45) is -12.6. The highest BCUT2D eigenvalue weighted by Crippen LogP contribution is 2.51. The lowest BCUT2D eigenvalue weighted by Gasteiger charge is -2.43. The van der Waals surface area contributed by atoms with Gasteiger partial charge in [0.2, 0.25) is 5.91 Å². The monoisotopic (exact) mass is 397 g/mol. The number of hydrogen-bond acceptors (Lipinski definition) is 2. The van der Waals surface area contributed by atoms with E-state index in [0.29, 0.717) is 0 Å². The molecule has 0 aliphatic heterocycles. The van der Waals surface area contributed by atoms with E-state index < -0.39 is 42.8 Å². The van der Waals surface area contributed by atoms with Crippen LogP contribution in [0.15, 0.2) is 30.3 Å². The van der Waals surface area contributed by atoms with Crippen LogP contribution in [0.5, 0.6) is 0 Å². The summed E-state index contributed by atoms with van der Waals surface area (Å²) in [6, 6.07) is 8.45. The van der Waals surface area contributed by atoms with Gasteiger partial charge in [-0.2, -0.15) is 26.3 Å². The summed E-state index contributed by atoms with van der Waals surface area (Å²) in [7, 11) is 0. The molecule has 152 valence electrons. The Morgan fingerprint density at radius 3 is 1.89 bits per heavy atom. The number of halogens is 6. The summed E-state index contributed by atoms with van der Waals surface area (Å²) in [5.41, 5.74) is -3.91. The fourth-order valence-electron chi connectivity index (χ4n) is 3.71. The average Bonchev–Trinajstić information content (AvgIpc) is 2.58. The zero-order chi connectivity index (χ0) is 20.5. The van der Waals surface area contributed by atoms with Gasteiger partial charge in [0, 0.05) is 25.4 Å². The first-order valence-corrected chi connectivity index (χ1v) is 8.55. The molecular formula is C18H21F6NO2. The molecule has 1 N–H and O–H groups in total. The first-order valence-electron chi connectivity index (χ1n) is 8.55. The van der Waals surface area contributed by atoms with Gasteiger partial charge in [0.25, 0.3) is 5.60 Å². The third-order valence-electron chi connectivity index (χ3n) is 5.19. The maximum Gasteiger partial charge on any atom is 0.426 e. The largest absolute Gasteiger partial charge is 0.426 e. The van der Waals surface area contributed by atoms with Crippen LogP contribution in [-0.4, -0.2) is 39.9 Å². The summed E-state index contributed by atoms with van der Waals surface area (Å²) in [5.74, 6) is -2.29. The molecule has 0 spiro atoms. The van der Waals surface area contributed by atoms with Gasteiger partial charge in [0.15, 0.2) is 0 Å². The van der Waals surface area contributed by atoms with E-state index in [2.05, 4.69) is 0 Å². The molecule has 3 nitrogen and oxygen atoms in total. The van der Waals surface area contributed by atoms with E-state index in [1.807, 2.05) is 0 Å². The molecule has 0 unspecified atom stereocenters. The van der Waals surface area contributed by atoms with E-state index in [9.17, 15) is 36.2 Å². The molecule has 1 aromatic carbocycles. The van der Waals surface area contributed by atoms with Crippen LogP contribution >= 0.6 is 0 Å².